The van der Waals surface area contributed by atoms with Gasteiger partial charge >= 0.3 is 0 Å². The Morgan fingerprint density at radius 1 is 1.11 bits per heavy atom. The number of azide groups is 1. The average molecular weight is 360 g/mol. The summed E-state index contributed by atoms with van der Waals surface area (Å²) >= 11 is 0. The van der Waals surface area contributed by atoms with Crippen LogP contribution in [0.15, 0.2) is 53.6 Å². The fourth-order valence-corrected chi connectivity index (χ4v) is 4.02. The molecule has 2 heterocycles. The van der Waals surface area contributed by atoms with Crippen LogP contribution >= 0.6 is 0 Å². The number of benzene rings is 2. The van der Waals surface area contributed by atoms with E-state index in [2.05, 4.69) is 10.0 Å². The Kier molecular flexibility index (Phi) is 4.57. The molecule has 136 valence electrons. The second-order valence-electron chi connectivity index (χ2n) is 6.82. The number of carbonyl (C=O) groups excluding carboxylic acids is 1. The monoisotopic (exact) mass is 360 g/mol. The summed E-state index contributed by atoms with van der Waals surface area (Å²) in [5, 5.41) is 3.62. The largest absolute Gasteiger partial charge is 0.497 e. The predicted octanol–water partition coefficient (Wildman–Crippen LogP) is 4.94. The zero-order chi connectivity index (χ0) is 18.8. The maximum Gasteiger partial charge on any atom is 0.255 e. The van der Waals surface area contributed by atoms with Crippen molar-refractivity contribution in [1.82, 2.24) is 4.90 Å². The molecule has 0 spiro atoms. The lowest BCUT2D eigenvalue weighted by Gasteiger charge is -2.33. The zero-order valence-corrected chi connectivity index (χ0v) is 15.1. The molecule has 1 unspecified atom stereocenters. The van der Waals surface area contributed by atoms with E-state index in [-0.39, 0.29) is 11.9 Å². The molecule has 1 atom stereocenters. The molecule has 1 fully saturated rings. The van der Waals surface area contributed by atoms with Crippen LogP contribution in [-0.2, 0) is 4.79 Å². The first-order chi connectivity index (χ1) is 13.2. The highest BCUT2D eigenvalue weighted by Crippen LogP contribution is 2.41. The molecule has 2 aromatic carbocycles. The van der Waals surface area contributed by atoms with Crippen molar-refractivity contribution in [2.24, 2.45) is 5.11 Å². The highest BCUT2D eigenvalue weighted by atomic mass is 16.5. The van der Waals surface area contributed by atoms with E-state index in [4.69, 9.17) is 10.3 Å². The van der Waals surface area contributed by atoms with Crippen molar-refractivity contribution < 1.29 is 9.53 Å². The number of amides is 1. The number of fused-ring (bicyclic) bond motifs is 1. The molecule has 0 aliphatic carbocycles. The highest BCUT2D eigenvalue weighted by Gasteiger charge is 2.37. The molecule has 0 bridgehead atoms. The summed E-state index contributed by atoms with van der Waals surface area (Å²) in [6, 6.07) is 15.4. The summed E-state index contributed by atoms with van der Waals surface area (Å²) < 4.78 is 5.26. The Bertz CT molecular complexity index is 941. The number of rotatable bonds is 4. The van der Waals surface area contributed by atoms with Crippen LogP contribution in [0.25, 0.3) is 21.6 Å². The molecule has 1 saturated heterocycles. The summed E-state index contributed by atoms with van der Waals surface area (Å²) in [7, 11) is 1.64. The minimum Gasteiger partial charge on any atom is -0.497 e. The van der Waals surface area contributed by atoms with Crippen LogP contribution < -0.4 is 4.74 Å². The maximum absolute atomic E-state index is 13.3. The lowest BCUT2D eigenvalue weighted by Crippen LogP contribution is -2.39. The van der Waals surface area contributed by atoms with Gasteiger partial charge in [-0.1, -0.05) is 41.5 Å². The molecule has 0 radical (unpaired) electrons. The average Bonchev–Trinajstić information content (AvgIpc) is 3.18. The molecule has 2 aromatic rings. The Hall–Kier alpha value is -3.24. The van der Waals surface area contributed by atoms with Gasteiger partial charge in [-0.3, -0.25) is 4.79 Å². The zero-order valence-electron chi connectivity index (χ0n) is 15.1. The molecule has 6 heteroatoms. The molecular weight excluding hydrogens is 340 g/mol. The maximum atomic E-state index is 13.3. The number of methoxy groups -OCH3 is 1. The van der Waals surface area contributed by atoms with E-state index in [9.17, 15) is 4.79 Å². The van der Waals surface area contributed by atoms with Gasteiger partial charge in [-0.05, 0) is 53.6 Å². The summed E-state index contributed by atoms with van der Waals surface area (Å²) in [6.45, 7) is 0.819. The van der Waals surface area contributed by atoms with E-state index in [0.29, 0.717) is 5.69 Å². The summed E-state index contributed by atoms with van der Waals surface area (Å²) in [6.07, 6.45) is 2.95. The molecule has 2 aliphatic heterocycles. The number of hydrogen-bond donors (Lipinski definition) is 0. The summed E-state index contributed by atoms with van der Waals surface area (Å²) in [5.74, 6) is 0.885. The van der Waals surface area contributed by atoms with E-state index >= 15 is 0 Å². The van der Waals surface area contributed by atoms with Crippen LogP contribution in [0.2, 0.25) is 0 Å². The van der Waals surface area contributed by atoms with E-state index in [1.807, 2.05) is 41.3 Å². The molecule has 6 nitrogen and oxygen atoms in total. The van der Waals surface area contributed by atoms with E-state index in [1.165, 1.54) is 0 Å². The third-order valence-corrected chi connectivity index (χ3v) is 5.35. The van der Waals surface area contributed by atoms with Crippen molar-refractivity contribution in [2.75, 3.05) is 13.7 Å². The van der Waals surface area contributed by atoms with Crippen LogP contribution in [0.5, 0.6) is 5.75 Å². The fourth-order valence-electron chi connectivity index (χ4n) is 4.02. The first-order valence-electron chi connectivity index (χ1n) is 9.05. The SMILES string of the molecule is COc1ccc(C2=C(c3ccc(N=[N+]=[N-])cc3)C(=O)N3CCCC3C2)cc1. The van der Waals surface area contributed by atoms with Gasteiger partial charge in [0.1, 0.15) is 5.75 Å². The number of hydrogen-bond acceptors (Lipinski definition) is 3. The van der Waals surface area contributed by atoms with Gasteiger partial charge in [-0.15, -0.1) is 0 Å². The lowest BCUT2D eigenvalue weighted by molar-refractivity contribution is -0.126. The lowest BCUT2D eigenvalue weighted by atomic mass is 9.85. The van der Waals surface area contributed by atoms with Gasteiger partial charge < -0.3 is 9.64 Å². The fraction of sp³-hybridized carbons (Fsp3) is 0.286. The third-order valence-electron chi connectivity index (χ3n) is 5.35. The topological polar surface area (TPSA) is 78.3 Å². The quantitative estimate of drug-likeness (QED) is 0.440. The highest BCUT2D eigenvalue weighted by molar-refractivity contribution is 6.28. The van der Waals surface area contributed by atoms with E-state index < -0.39 is 0 Å². The van der Waals surface area contributed by atoms with Gasteiger partial charge in [0.25, 0.3) is 5.91 Å². The summed E-state index contributed by atoms with van der Waals surface area (Å²) in [5.41, 5.74) is 12.8. The van der Waals surface area contributed by atoms with Gasteiger partial charge in [0.2, 0.25) is 0 Å². The first-order valence-corrected chi connectivity index (χ1v) is 9.05. The van der Waals surface area contributed by atoms with E-state index in [1.54, 1.807) is 19.2 Å². The number of carbonyl (C=O) groups is 1. The van der Waals surface area contributed by atoms with Gasteiger partial charge in [0.15, 0.2) is 0 Å². The molecule has 27 heavy (non-hydrogen) atoms. The molecule has 4 rings (SSSR count). The molecular formula is C21H20N4O2. The molecule has 2 aliphatic rings. The standard InChI is InChI=1S/C21H20N4O2/c1-27-18-10-6-14(7-11-18)19-13-17-3-2-12-25(17)21(26)20(19)15-4-8-16(9-5-15)23-24-22/h4-11,17H,2-3,12-13H2,1H3. The Balaban J connectivity index is 1.83. The molecule has 1 amide bonds. The number of nitrogens with zero attached hydrogens (tertiary/aromatic N) is 4. The minimum atomic E-state index is 0.0890. The van der Waals surface area contributed by atoms with Crippen LogP contribution in [0.1, 0.15) is 30.4 Å². The van der Waals surface area contributed by atoms with Gasteiger partial charge in [-0.25, -0.2) is 0 Å². The van der Waals surface area contributed by atoms with Crippen molar-refractivity contribution >= 4 is 22.7 Å². The third kappa shape index (κ3) is 3.15. The molecule has 0 saturated carbocycles. The predicted molar refractivity (Wildman–Crippen MR) is 104 cm³/mol. The minimum absolute atomic E-state index is 0.0890. The second kappa shape index (κ2) is 7.17. The Labute approximate surface area is 157 Å². The van der Waals surface area contributed by atoms with Crippen molar-refractivity contribution in [3.8, 4) is 5.75 Å². The van der Waals surface area contributed by atoms with E-state index in [0.717, 1.165) is 53.8 Å². The van der Waals surface area contributed by atoms with Crippen molar-refractivity contribution in [3.05, 3.63) is 70.1 Å². The van der Waals surface area contributed by atoms with Gasteiger partial charge in [-0.2, -0.15) is 0 Å². The normalized spacial score (nSPS) is 18.9. The smallest absolute Gasteiger partial charge is 0.255 e. The molecule has 0 aromatic heterocycles. The number of ether oxygens (including phenoxy) is 1. The Morgan fingerprint density at radius 3 is 2.48 bits per heavy atom. The first kappa shape index (κ1) is 17.2. The van der Waals surface area contributed by atoms with Crippen LogP contribution in [-0.4, -0.2) is 30.5 Å². The van der Waals surface area contributed by atoms with Crippen LogP contribution in [0, 0.1) is 0 Å². The van der Waals surface area contributed by atoms with Crippen molar-refractivity contribution in [2.45, 2.75) is 25.3 Å². The summed E-state index contributed by atoms with van der Waals surface area (Å²) in [4.78, 5) is 18.1. The van der Waals surface area contributed by atoms with Crippen molar-refractivity contribution in [3.63, 3.8) is 0 Å². The van der Waals surface area contributed by atoms with Gasteiger partial charge in [0, 0.05) is 23.2 Å². The van der Waals surface area contributed by atoms with Crippen LogP contribution in [0.3, 0.4) is 0 Å². The van der Waals surface area contributed by atoms with Gasteiger partial charge in [0.05, 0.1) is 12.7 Å². The van der Waals surface area contributed by atoms with Crippen molar-refractivity contribution in [1.29, 1.82) is 0 Å². The molecule has 0 N–H and O–H groups in total. The van der Waals surface area contributed by atoms with Crippen LogP contribution in [0.4, 0.5) is 5.69 Å². The second-order valence-corrected chi connectivity index (χ2v) is 6.82. The Morgan fingerprint density at radius 2 is 1.81 bits per heavy atom.